The Hall–Kier alpha value is -0.480. The maximum Gasteiger partial charge on any atom is 0.256 e. The van der Waals surface area contributed by atoms with Gasteiger partial charge in [-0.25, -0.2) is 4.98 Å². The molecule has 102 valence electrons. The smallest absolute Gasteiger partial charge is 0.256 e. The van der Waals surface area contributed by atoms with Crippen molar-refractivity contribution in [2.45, 2.75) is 63.0 Å². The van der Waals surface area contributed by atoms with E-state index in [0.29, 0.717) is 11.3 Å². The number of aromatic nitrogens is 1. The van der Waals surface area contributed by atoms with E-state index in [1.807, 2.05) is 18.7 Å². The minimum Gasteiger partial charge on any atom is -0.440 e. The van der Waals surface area contributed by atoms with E-state index in [-0.39, 0.29) is 0 Å². The van der Waals surface area contributed by atoms with Crippen LogP contribution in [-0.4, -0.2) is 22.8 Å². The van der Waals surface area contributed by atoms with Gasteiger partial charge in [-0.05, 0) is 45.1 Å². The molecule has 2 rings (SSSR count). The van der Waals surface area contributed by atoms with Crippen LogP contribution in [0.5, 0.6) is 0 Å². The molecule has 3 atom stereocenters. The fourth-order valence-corrected chi connectivity index (χ4v) is 3.92. The lowest BCUT2D eigenvalue weighted by Gasteiger charge is -2.34. The Morgan fingerprint density at radius 1 is 1.50 bits per heavy atom. The molecule has 1 aliphatic rings. The molecular formula is C14H24N2OS. The molecule has 1 aliphatic carbocycles. The zero-order valence-electron chi connectivity index (χ0n) is 11.6. The van der Waals surface area contributed by atoms with Crippen molar-refractivity contribution in [2.75, 3.05) is 6.54 Å². The molecule has 3 unspecified atom stereocenters. The molecule has 1 heterocycles. The molecule has 0 aromatic carbocycles. The third kappa shape index (κ3) is 3.75. The highest BCUT2D eigenvalue weighted by Gasteiger charge is 2.30. The Morgan fingerprint density at radius 3 is 3.00 bits per heavy atom. The lowest BCUT2D eigenvalue weighted by Crippen LogP contribution is -2.42. The van der Waals surface area contributed by atoms with Crippen LogP contribution in [0.15, 0.2) is 15.9 Å². The van der Waals surface area contributed by atoms with Crippen molar-refractivity contribution in [3.63, 3.8) is 0 Å². The first kappa shape index (κ1) is 13.9. The lowest BCUT2D eigenvalue weighted by molar-refractivity contribution is 0.315. The Balaban J connectivity index is 1.96. The zero-order chi connectivity index (χ0) is 13.0. The molecule has 0 radical (unpaired) electrons. The summed E-state index contributed by atoms with van der Waals surface area (Å²) in [5.74, 6) is 0.818. The molecule has 18 heavy (non-hydrogen) atoms. The van der Waals surface area contributed by atoms with E-state index in [2.05, 4.69) is 24.1 Å². The summed E-state index contributed by atoms with van der Waals surface area (Å²) >= 11 is 1.81. The first-order valence-corrected chi connectivity index (χ1v) is 7.89. The van der Waals surface area contributed by atoms with Crippen LogP contribution in [0.4, 0.5) is 0 Å². The van der Waals surface area contributed by atoms with E-state index in [9.17, 15) is 0 Å². The third-order valence-corrected chi connectivity index (χ3v) is 4.77. The van der Waals surface area contributed by atoms with Gasteiger partial charge in [-0.3, -0.25) is 0 Å². The normalized spacial score (nSPS) is 28.5. The van der Waals surface area contributed by atoms with E-state index in [4.69, 9.17) is 4.42 Å². The Bertz CT molecular complexity index is 364. The van der Waals surface area contributed by atoms with Crippen LogP contribution in [0.2, 0.25) is 0 Å². The summed E-state index contributed by atoms with van der Waals surface area (Å²) in [7, 11) is 0. The Labute approximate surface area is 114 Å². The minimum absolute atomic E-state index is 0.596. The van der Waals surface area contributed by atoms with Crippen LogP contribution in [0.3, 0.4) is 0 Å². The molecule has 4 heteroatoms. The van der Waals surface area contributed by atoms with Crippen molar-refractivity contribution in [1.29, 1.82) is 0 Å². The van der Waals surface area contributed by atoms with E-state index in [0.717, 1.165) is 23.4 Å². The van der Waals surface area contributed by atoms with Gasteiger partial charge in [0, 0.05) is 11.3 Å². The summed E-state index contributed by atoms with van der Waals surface area (Å²) in [6, 6.07) is 0.610. The molecule has 1 saturated carbocycles. The maximum atomic E-state index is 5.48. The second-order valence-corrected chi connectivity index (χ2v) is 6.58. The topological polar surface area (TPSA) is 38.1 Å². The molecule has 0 aliphatic heterocycles. The maximum absolute atomic E-state index is 5.48. The van der Waals surface area contributed by atoms with Crippen molar-refractivity contribution < 1.29 is 4.42 Å². The van der Waals surface area contributed by atoms with Crippen molar-refractivity contribution in [1.82, 2.24) is 10.3 Å². The SMILES string of the molecule is CCCNC1CCC(C)CC1Sc1nc(C)co1. The van der Waals surface area contributed by atoms with Gasteiger partial charge in [0.05, 0.1) is 5.69 Å². The van der Waals surface area contributed by atoms with Crippen LogP contribution >= 0.6 is 11.8 Å². The number of oxazole rings is 1. The second-order valence-electron chi connectivity index (χ2n) is 5.39. The van der Waals surface area contributed by atoms with Crippen LogP contribution in [0, 0.1) is 12.8 Å². The van der Waals surface area contributed by atoms with Gasteiger partial charge in [0.1, 0.15) is 6.26 Å². The van der Waals surface area contributed by atoms with Gasteiger partial charge in [0.25, 0.3) is 5.22 Å². The Kier molecular flexibility index (Phi) is 5.13. The first-order chi connectivity index (χ1) is 8.69. The number of hydrogen-bond donors (Lipinski definition) is 1. The van der Waals surface area contributed by atoms with Gasteiger partial charge in [-0.2, -0.15) is 0 Å². The van der Waals surface area contributed by atoms with E-state index < -0.39 is 0 Å². The molecule has 1 aromatic heterocycles. The quantitative estimate of drug-likeness (QED) is 0.885. The summed E-state index contributed by atoms with van der Waals surface area (Å²) in [4.78, 5) is 4.41. The van der Waals surface area contributed by atoms with Crippen LogP contribution in [-0.2, 0) is 0 Å². The monoisotopic (exact) mass is 268 g/mol. The minimum atomic E-state index is 0.596. The number of nitrogens with one attached hydrogen (secondary N) is 1. The van der Waals surface area contributed by atoms with E-state index in [1.165, 1.54) is 25.7 Å². The van der Waals surface area contributed by atoms with Crippen LogP contribution in [0.1, 0.15) is 45.2 Å². The second kappa shape index (κ2) is 6.62. The van der Waals surface area contributed by atoms with Gasteiger partial charge < -0.3 is 9.73 Å². The van der Waals surface area contributed by atoms with Crippen molar-refractivity contribution >= 4 is 11.8 Å². The number of thioether (sulfide) groups is 1. The highest BCUT2D eigenvalue weighted by molar-refractivity contribution is 7.99. The first-order valence-electron chi connectivity index (χ1n) is 7.01. The molecule has 0 saturated heterocycles. The summed E-state index contributed by atoms with van der Waals surface area (Å²) in [6.45, 7) is 7.66. The van der Waals surface area contributed by atoms with E-state index in [1.54, 1.807) is 6.26 Å². The fraction of sp³-hybridized carbons (Fsp3) is 0.786. The molecule has 0 spiro atoms. The Morgan fingerprint density at radius 2 is 2.33 bits per heavy atom. The van der Waals surface area contributed by atoms with Crippen molar-refractivity contribution in [3.8, 4) is 0 Å². The molecule has 1 aromatic rings. The molecule has 3 nitrogen and oxygen atoms in total. The number of aryl methyl sites for hydroxylation is 1. The highest BCUT2D eigenvalue weighted by Crippen LogP contribution is 2.36. The highest BCUT2D eigenvalue weighted by atomic mass is 32.2. The lowest BCUT2D eigenvalue weighted by atomic mass is 9.87. The molecular weight excluding hydrogens is 244 g/mol. The van der Waals surface area contributed by atoms with Gasteiger partial charge >= 0.3 is 0 Å². The number of nitrogens with zero attached hydrogens (tertiary/aromatic N) is 1. The van der Waals surface area contributed by atoms with Gasteiger partial charge in [0.2, 0.25) is 0 Å². The average molecular weight is 268 g/mol. The predicted molar refractivity (Wildman–Crippen MR) is 76.0 cm³/mol. The van der Waals surface area contributed by atoms with Crippen molar-refractivity contribution in [2.24, 2.45) is 5.92 Å². The van der Waals surface area contributed by atoms with Gasteiger partial charge in [0.15, 0.2) is 0 Å². The molecule has 0 bridgehead atoms. The number of rotatable bonds is 5. The predicted octanol–water partition coefficient (Wildman–Crippen LogP) is 3.63. The molecule has 0 amide bonds. The summed E-state index contributed by atoms with van der Waals surface area (Å²) < 4.78 is 5.48. The van der Waals surface area contributed by atoms with Crippen molar-refractivity contribution in [3.05, 3.63) is 12.0 Å². The fourth-order valence-electron chi connectivity index (χ4n) is 2.54. The molecule has 1 fully saturated rings. The summed E-state index contributed by atoms with van der Waals surface area (Å²) in [6.07, 6.45) is 6.81. The third-order valence-electron chi connectivity index (χ3n) is 3.56. The van der Waals surface area contributed by atoms with Crippen LogP contribution in [0.25, 0.3) is 0 Å². The summed E-state index contributed by atoms with van der Waals surface area (Å²) in [5, 5.41) is 5.10. The van der Waals surface area contributed by atoms with Gasteiger partial charge in [-0.15, -0.1) is 0 Å². The van der Waals surface area contributed by atoms with E-state index >= 15 is 0 Å². The summed E-state index contributed by atoms with van der Waals surface area (Å²) in [5.41, 5.74) is 0.972. The molecule has 1 N–H and O–H groups in total. The standard InChI is InChI=1S/C14H24N2OS/c1-4-7-15-12-6-5-10(2)8-13(12)18-14-16-11(3)9-17-14/h9-10,12-13,15H,4-8H2,1-3H3. The number of hydrogen-bond acceptors (Lipinski definition) is 4. The zero-order valence-corrected chi connectivity index (χ0v) is 12.4. The van der Waals surface area contributed by atoms with Gasteiger partial charge in [-0.1, -0.05) is 25.6 Å². The van der Waals surface area contributed by atoms with Crippen LogP contribution < -0.4 is 5.32 Å². The average Bonchev–Trinajstić information content (AvgIpc) is 2.74. The largest absolute Gasteiger partial charge is 0.440 e.